The van der Waals surface area contributed by atoms with Crippen LogP contribution in [0.1, 0.15) is 16.7 Å². The summed E-state index contributed by atoms with van der Waals surface area (Å²) >= 11 is 3.61. The van der Waals surface area contributed by atoms with Crippen LogP contribution >= 0.6 is 15.9 Å². The number of nitrogens with zero attached hydrogens (tertiary/aromatic N) is 2. The minimum Gasteiger partial charge on any atom is -0.282 e. The highest BCUT2D eigenvalue weighted by Gasteiger charge is 2.10. The Morgan fingerprint density at radius 1 is 0.697 bits per heavy atom. The van der Waals surface area contributed by atoms with Crippen LogP contribution < -0.4 is 0 Å². The fraction of sp³-hybridized carbons (Fsp3) is 0. The number of rotatable bonds is 3. The standard InChI is InChI=1S/C29H20BrN3/c30-27-17-16-26(24-12-6-7-13-25(24)27)28(31)33-29(22-9-2-1-3-10-22)32-19-20-14-15-21-8-4-5-11-23(21)18-20/h1-19,31H. The third kappa shape index (κ3) is 4.52. The van der Waals surface area contributed by atoms with Crippen molar-refractivity contribution in [3.05, 3.63) is 130 Å². The highest BCUT2D eigenvalue weighted by molar-refractivity contribution is 9.10. The summed E-state index contributed by atoms with van der Waals surface area (Å²) in [5.41, 5.74) is 2.61. The lowest BCUT2D eigenvalue weighted by molar-refractivity contribution is 1.41. The van der Waals surface area contributed by atoms with E-state index in [0.717, 1.165) is 37.3 Å². The van der Waals surface area contributed by atoms with Gasteiger partial charge in [-0.1, -0.05) is 107 Å². The smallest absolute Gasteiger partial charge is 0.161 e. The van der Waals surface area contributed by atoms with Crippen molar-refractivity contribution >= 4 is 55.4 Å². The van der Waals surface area contributed by atoms with E-state index >= 15 is 0 Å². The third-order valence-corrected chi connectivity index (χ3v) is 6.18. The molecule has 0 aliphatic heterocycles. The van der Waals surface area contributed by atoms with Crippen molar-refractivity contribution < 1.29 is 0 Å². The van der Waals surface area contributed by atoms with Crippen LogP contribution in [0.3, 0.4) is 0 Å². The van der Waals surface area contributed by atoms with Crippen LogP contribution in [0.2, 0.25) is 0 Å². The molecule has 0 aliphatic carbocycles. The van der Waals surface area contributed by atoms with E-state index in [4.69, 9.17) is 10.4 Å². The molecular formula is C29H20BrN3. The molecule has 3 nitrogen and oxygen atoms in total. The fourth-order valence-corrected chi connectivity index (χ4v) is 4.29. The van der Waals surface area contributed by atoms with E-state index in [9.17, 15) is 0 Å². The average Bonchev–Trinajstić information content (AvgIpc) is 2.87. The molecule has 0 radical (unpaired) electrons. The van der Waals surface area contributed by atoms with Gasteiger partial charge in [0, 0.05) is 21.8 Å². The molecular weight excluding hydrogens is 470 g/mol. The molecule has 0 fully saturated rings. The van der Waals surface area contributed by atoms with Gasteiger partial charge < -0.3 is 0 Å². The number of hydrogen-bond donors (Lipinski definition) is 1. The number of halogens is 1. The molecule has 4 heteroatoms. The molecule has 5 aromatic rings. The molecule has 1 N–H and O–H groups in total. The molecule has 0 spiro atoms. The van der Waals surface area contributed by atoms with Crippen molar-refractivity contribution in [2.75, 3.05) is 0 Å². The molecule has 0 aromatic heterocycles. The van der Waals surface area contributed by atoms with Crippen LogP contribution in [-0.4, -0.2) is 17.9 Å². The van der Waals surface area contributed by atoms with E-state index in [1.165, 1.54) is 5.39 Å². The molecule has 5 aromatic carbocycles. The van der Waals surface area contributed by atoms with Gasteiger partial charge >= 0.3 is 0 Å². The second kappa shape index (κ2) is 9.31. The minimum atomic E-state index is 0.174. The van der Waals surface area contributed by atoms with Gasteiger partial charge in [0.2, 0.25) is 0 Å². The Bertz CT molecular complexity index is 1540. The molecule has 158 valence electrons. The summed E-state index contributed by atoms with van der Waals surface area (Å²) in [5.74, 6) is 0.675. The number of hydrogen-bond acceptors (Lipinski definition) is 1. The summed E-state index contributed by atoms with van der Waals surface area (Å²) in [6.07, 6.45) is 1.81. The van der Waals surface area contributed by atoms with Gasteiger partial charge in [0.05, 0.1) is 0 Å². The van der Waals surface area contributed by atoms with Gasteiger partial charge in [-0.3, -0.25) is 5.41 Å². The first-order valence-corrected chi connectivity index (χ1v) is 11.4. The molecule has 5 rings (SSSR count). The predicted octanol–water partition coefficient (Wildman–Crippen LogP) is 7.65. The van der Waals surface area contributed by atoms with Gasteiger partial charge in [0.25, 0.3) is 0 Å². The van der Waals surface area contributed by atoms with Crippen molar-refractivity contribution in [3.63, 3.8) is 0 Å². The lowest BCUT2D eigenvalue weighted by Gasteiger charge is -2.08. The van der Waals surface area contributed by atoms with Gasteiger partial charge in [0.15, 0.2) is 11.7 Å². The maximum Gasteiger partial charge on any atom is 0.161 e. The van der Waals surface area contributed by atoms with Crippen molar-refractivity contribution in [2.45, 2.75) is 0 Å². The number of nitrogens with one attached hydrogen (secondary N) is 1. The van der Waals surface area contributed by atoms with E-state index < -0.39 is 0 Å². The summed E-state index contributed by atoms with van der Waals surface area (Å²) < 4.78 is 0.997. The topological polar surface area (TPSA) is 48.6 Å². The molecule has 0 saturated carbocycles. The Kier molecular flexibility index (Phi) is 5.92. The third-order valence-electron chi connectivity index (χ3n) is 5.49. The monoisotopic (exact) mass is 489 g/mol. The van der Waals surface area contributed by atoms with Crippen LogP contribution in [0.4, 0.5) is 0 Å². The normalized spacial score (nSPS) is 12.0. The maximum absolute atomic E-state index is 8.78. The van der Waals surface area contributed by atoms with Crippen molar-refractivity contribution in [1.29, 1.82) is 5.41 Å². The van der Waals surface area contributed by atoms with E-state index in [2.05, 4.69) is 45.2 Å². The molecule has 33 heavy (non-hydrogen) atoms. The fourth-order valence-electron chi connectivity index (χ4n) is 3.81. The average molecular weight is 490 g/mol. The quantitative estimate of drug-likeness (QED) is 0.200. The Labute approximate surface area is 200 Å². The first kappa shape index (κ1) is 21.0. The second-order valence-corrected chi connectivity index (χ2v) is 8.51. The van der Waals surface area contributed by atoms with Crippen molar-refractivity contribution in [1.82, 2.24) is 0 Å². The lowest BCUT2D eigenvalue weighted by atomic mass is 10.0. The largest absolute Gasteiger partial charge is 0.282 e. The van der Waals surface area contributed by atoms with Crippen LogP contribution in [0.5, 0.6) is 0 Å². The predicted molar refractivity (Wildman–Crippen MR) is 143 cm³/mol. The van der Waals surface area contributed by atoms with E-state index in [1.807, 2.05) is 91.1 Å². The first-order chi connectivity index (χ1) is 16.2. The number of fused-ring (bicyclic) bond motifs is 2. The van der Waals surface area contributed by atoms with Crippen LogP contribution in [0.25, 0.3) is 21.5 Å². The first-order valence-electron chi connectivity index (χ1n) is 10.6. The molecule has 0 heterocycles. The van der Waals surface area contributed by atoms with Gasteiger partial charge in [0.1, 0.15) is 0 Å². The molecule has 0 bridgehead atoms. The Balaban J connectivity index is 1.56. The Hall–Kier alpha value is -3.89. The molecule has 0 atom stereocenters. The van der Waals surface area contributed by atoms with Crippen LogP contribution in [0.15, 0.2) is 124 Å². The highest BCUT2D eigenvalue weighted by atomic mass is 79.9. The van der Waals surface area contributed by atoms with Crippen LogP contribution in [0, 0.1) is 5.41 Å². The minimum absolute atomic E-state index is 0.174. The summed E-state index contributed by atoms with van der Waals surface area (Å²) in [6.45, 7) is 0. The number of aliphatic imine (C=N–C) groups is 2. The van der Waals surface area contributed by atoms with Crippen molar-refractivity contribution in [2.24, 2.45) is 9.98 Å². The maximum atomic E-state index is 8.78. The van der Waals surface area contributed by atoms with Gasteiger partial charge in [-0.05, 0) is 45.3 Å². The Morgan fingerprint density at radius 3 is 2.21 bits per heavy atom. The van der Waals surface area contributed by atoms with Gasteiger partial charge in [-0.2, -0.15) is 0 Å². The van der Waals surface area contributed by atoms with Crippen molar-refractivity contribution in [3.8, 4) is 0 Å². The van der Waals surface area contributed by atoms with E-state index in [0.29, 0.717) is 5.84 Å². The number of benzene rings is 5. The summed E-state index contributed by atoms with van der Waals surface area (Å²) in [7, 11) is 0. The van der Waals surface area contributed by atoms with E-state index in [1.54, 1.807) is 0 Å². The molecule has 0 amide bonds. The van der Waals surface area contributed by atoms with Crippen LogP contribution in [-0.2, 0) is 0 Å². The Morgan fingerprint density at radius 2 is 1.39 bits per heavy atom. The summed E-state index contributed by atoms with van der Waals surface area (Å²) in [4.78, 5) is 9.37. The SMILES string of the molecule is N=C(N=C(N=Cc1ccc2ccccc2c1)c1ccccc1)c1ccc(Br)c2ccccc12. The molecule has 0 saturated heterocycles. The zero-order valence-electron chi connectivity index (χ0n) is 17.7. The highest BCUT2D eigenvalue weighted by Crippen LogP contribution is 2.27. The molecule has 0 aliphatic rings. The number of amidine groups is 2. The van der Waals surface area contributed by atoms with E-state index in [-0.39, 0.29) is 5.84 Å². The van der Waals surface area contributed by atoms with Gasteiger partial charge in [-0.15, -0.1) is 0 Å². The van der Waals surface area contributed by atoms with Gasteiger partial charge in [-0.25, -0.2) is 9.98 Å². The summed E-state index contributed by atoms with van der Waals surface area (Å²) in [5, 5.41) is 13.2. The zero-order chi connectivity index (χ0) is 22.6. The lowest BCUT2D eigenvalue weighted by Crippen LogP contribution is -2.05. The summed E-state index contributed by atoms with van der Waals surface area (Å²) in [6, 6.07) is 36.2. The second-order valence-electron chi connectivity index (χ2n) is 7.66. The zero-order valence-corrected chi connectivity index (χ0v) is 19.3. The molecule has 0 unspecified atom stereocenters.